The van der Waals surface area contributed by atoms with E-state index in [0.29, 0.717) is 12.2 Å². The molecule has 0 N–H and O–H groups in total. The van der Waals surface area contributed by atoms with Crippen LogP contribution < -0.4 is 9.80 Å². The molecular formula is C25H26N2. The highest BCUT2D eigenvalue weighted by Gasteiger charge is 2.39. The van der Waals surface area contributed by atoms with Crippen LogP contribution in [0.5, 0.6) is 0 Å². The molecule has 27 heavy (non-hydrogen) atoms. The topological polar surface area (TPSA) is 6.48 Å². The minimum Gasteiger partial charge on any atom is -0.346 e. The molecule has 0 fully saturated rings. The monoisotopic (exact) mass is 354 g/mol. The van der Waals surface area contributed by atoms with E-state index in [1.165, 1.54) is 44.9 Å². The van der Waals surface area contributed by atoms with Crippen LogP contribution in [0.15, 0.2) is 60.7 Å². The molecule has 0 unspecified atom stereocenters. The van der Waals surface area contributed by atoms with Crippen LogP contribution in [0, 0.1) is 6.92 Å². The van der Waals surface area contributed by atoms with Gasteiger partial charge in [0.25, 0.3) is 0 Å². The Kier molecular flexibility index (Phi) is 3.58. The summed E-state index contributed by atoms with van der Waals surface area (Å²) in [5.41, 5.74) is 11.1. The third kappa shape index (κ3) is 2.26. The molecule has 3 aromatic rings. The van der Waals surface area contributed by atoms with E-state index in [1.807, 2.05) is 0 Å². The summed E-state index contributed by atoms with van der Waals surface area (Å²) in [5, 5.41) is 0. The molecule has 0 bridgehead atoms. The van der Waals surface area contributed by atoms with Gasteiger partial charge >= 0.3 is 0 Å². The minimum absolute atomic E-state index is 0.292. The summed E-state index contributed by atoms with van der Waals surface area (Å²) in [6.45, 7) is 9.16. The highest BCUT2D eigenvalue weighted by Crippen LogP contribution is 2.54. The Bertz CT molecular complexity index is 1030. The van der Waals surface area contributed by atoms with Gasteiger partial charge in [-0.05, 0) is 68.5 Å². The molecule has 0 amide bonds. The number of hydrogen-bond donors (Lipinski definition) is 0. The van der Waals surface area contributed by atoms with Gasteiger partial charge in [0.15, 0.2) is 0 Å². The fourth-order valence-electron chi connectivity index (χ4n) is 5.02. The molecule has 136 valence electrons. The first-order valence-electron chi connectivity index (χ1n) is 9.95. The third-order valence-corrected chi connectivity index (χ3v) is 6.14. The Balaban J connectivity index is 1.79. The van der Waals surface area contributed by atoms with E-state index in [2.05, 4.69) is 98.2 Å². The Morgan fingerprint density at radius 3 is 2.37 bits per heavy atom. The maximum Gasteiger partial charge on any atom is 0.104 e. The van der Waals surface area contributed by atoms with Crippen LogP contribution in [-0.2, 0) is 6.42 Å². The zero-order valence-corrected chi connectivity index (χ0v) is 16.5. The van der Waals surface area contributed by atoms with Crippen molar-refractivity contribution in [3.05, 3.63) is 77.4 Å². The van der Waals surface area contributed by atoms with Crippen molar-refractivity contribution in [3.63, 3.8) is 0 Å². The number of rotatable bonds is 2. The molecule has 0 spiro atoms. The molecule has 0 radical (unpaired) electrons. The van der Waals surface area contributed by atoms with Crippen molar-refractivity contribution < 1.29 is 0 Å². The number of fused-ring (bicyclic) bond motifs is 5. The first-order valence-corrected chi connectivity index (χ1v) is 9.95. The van der Waals surface area contributed by atoms with Crippen LogP contribution in [-0.4, -0.2) is 12.2 Å². The molecule has 0 saturated carbocycles. The average molecular weight is 354 g/mol. The van der Waals surface area contributed by atoms with Crippen LogP contribution in [0.4, 0.5) is 17.1 Å². The second-order valence-corrected chi connectivity index (χ2v) is 8.09. The van der Waals surface area contributed by atoms with Gasteiger partial charge in [0, 0.05) is 17.3 Å². The normalized spacial score (nSPS) is 17.3. The minimum atomic E-state index is 0.292. The molecule has 0 aromatic heterocycles. The predicted octanol–water partition coefficient (Wildman–Crippen LogP) is 6.28. The number of benzene rings is 3. The molecule has 0 saturated heterocycles. The van der Waals surface area contributed by atoms with Crippen molar-refractivity contribution in [2.24, 2.45) is 0 Å². The lowest BCUT2D eigenvalue weighted by Crippen LogP contribution is -2.42. The van der Waals surface area contributed by atoms with Gasteiger partial charge < -0.3 is 9.80 Å². The highest BCUT2D eigenvalue weighted by atomic mass is 15.4. The highest BCUT2D eigenvalue weighted by molar-refractivity contribution is 5.99. The lowest BCUT2D eigenvalue weighted by Gasteiger charge is -2.34. The second-order valence-electron chi connectivity index (χ2n) is 8.09. The lowest BCUT2D eigenvalue weighted by atomic mass is 10.0. The zero-order chi connectivity index (χ0) is 18.7. The zero-order valence-electron chi connectivity index (χ0n) is 16.5. The number of nitrogens with zero attached hydrogens (tertiary/aromatic N) is 2. The summed E-state index contributed by atoms with van der Waals surface area (Å²) in [4.78, 5) is 5.12. The van der Waals surface area contributed by atoms with Crippen molar-refractivity contribution in [2.75, 3.05) is 9.80 Å². The lowest BCUT2D eigenvalue weighted by molar-refractivity contribution is 0.607. The number of aryl methyl sites for hydroxylation is 1. The third-order valence-electron chi connectivity index (χ3n) is 6.14. The van der Waals surface area contributed by atoms with E-state index >= 15 is 0 Å². The van der Waals surface area contributed by atoms with Gasteiger partial charge in [0.05, 0.1) is 11.4 Å². The Labute approximate surface area is 162 Å². The van der Waals surface area contributed by atoms with E-state index in [4.69, 9.17) is 0 Å². The van der Waals surface area contributed by atoms with Gasteiger partial charge in [-0.1, -0.05) is 48.5 Å². The average Bonchev–Trinajstić information content (AvgIpc) is 3.16. The maximum atomic E-state index is 2.60. The number of anilines is 3. The summed E-state index contributed by atoms with van der Waals surface area (Å²) in [5.74, 6) is 0. The van der Waals surface area contributed by atoms with Crippen LogP contribution in [0.25, 0.3) is 11.1 Å². The molecule has 1 atom stereocenters. The van der Waals surface area contributed by atoms with Gasteiger partial charge in [-0.15, -0.1) is 0 Å². The molecule has 1 aliphatic heterocycles. The molecule has 2 aliphatic rings. The van der Waals surface area contributed by atoms with E-state index in [0.717, 1.165) is 6.42 Å². The largest absolute Gasteiger partial charge is 0.346 e. The summed E-state index contributed by atoms with van der Waals surface area (Å²) in [7, 11) is 0. The first-order chi connectivity index (χ1) is 13.1. The summed E-state index contributed by atoms with van der Waals surface area (Å²) < 4.78 is 0. The molecule has 2 heteroatoms. The summed E-state index contributed by atoms with van der Waals surface area (Å²) >= 11 is 0. The Morgan fingerprint density at radius 1 is 0.852 bits per heavy atom. The van der Waals surface area contributed by atoms with Crippen LogP contribution in [0.1, 0.15) is 37.5 Å². The van der Waals surface area contributed by atoms with Crippen molar-refractivity contribution in [2.45, 2.75) is 46.3 Å². The summed E-state index contributed by atoms with van der Waals surface area (Å²) in [6, 6.07) is 22.8. The Morgan fingerprint density at radius 2 is 1.59 bits per heavy atom. The molecular weight excluding hydrogens is 328 g/mol. The van der Waals surface area contributed by atoms with Crippen LogP contribution in [0.2, 0.25) is 0 Å². The second kappa shape index (κ2) is 5.88. The van der Waals surface area contributed by atoms with E-state index in [9.17, 15) is 0 Å². The SMILES string of the molecule is Cc1ccccc1N1c2ccc3c(c2N(C(C)C)[C@@H]1C)-c1ccccc1C3. The molecule has 1 heterocycles. The van der Waals surface area contributed by atoms with Gasteiger partial charge in [-0.3, -0.25) is 0 Å². The molecule has 5 rings (SSSR count). The fourth-order valence-corrected chi connectivity index (χ4v) is 5.02. The standard InChI is InChI=1S/C25H26N2/c1-16(2)26-18(4)27(22-12-8-5-9-17(22)3)23-14-13-20-15-19-10-6-7-11-21(19)24(20)25(23)26/h5-14,16,18H,15H2,1-4H3/t18-/m0/s1. The quantitative estimate of drug-likeness (QED) is 0.418. The van der Waals surface area contributed by atoms with E-state index in [-0.39, 0.29) is 0 Å². The van der Waals surface area contributed by atoms with Crippen molar-refractivity contribution >= 4 is 17.1 Å². The fraction of sp³-hybridized carbons (Fsp3) is 0.280. The maximum absolute atomic E-state index is 2.60. The van der Waals surface area contributed by atoms with Gasteiger partial charge in [-0.25, -0.2) is 0 Å². The molecule has 2 nitrogen and oxygen atoms in total. The van der Waals surface area contributed by atoms with Gasteiger partial charge in [-0.2, -0.15) is 0 Å². The molecule has 1 aliphatic carbocycles. The van der Waals surface area contributed by atoms with Crippen molar-refractivity contribution in [3.8, 4) is 11.1 Å². The smallest absolute Gasteiger partial charge is 0.104 e. The van der Waals surface area contributed by atoms with Crippen LogP contribution in [0.3, 0.4) is 0 Å². The Hall–Kier alpha value is -2.74. The van der Waals surface area contributed by atoms with Gasteiger partial charge in [0.1, 0.15) is 6.17 Å². The van der Waals surface area contributed by atoms with E-state index < -0.39 is 0 Å². The van der Waals surface area contributed by atoms with Crippen molar-refractivity contribution in [1.29, 1.82) is 0 Å². The summed E-state index contributed by atoms with van der Waals surface area (Å²) in [6.07, 6.45) is 1.34. The number of para-hydroxylation sites is 1. The number of hydrogen-bond acceptors (Lipinski definition) is 2. The van der Waals surface area contributed by atoms with Crippen LogP contribution >= 0.6 is 0 Å². The van der Waals surface area contributed by atoms with Gasteiger partial charge in [0.2, 0.25) is 0 Å². The van der Waals surface area contributed by atoms with E-state index in [1.54, 1.807) is 0 Å². The molecule has 3 aromatic carbocycles. The van der Waals surface area contributed by atoms with Crippen molar-refractivity contribution in [1.82, 2.24) is 0 Å². The first kappa shape index (κ1) is 16.4. The predicted molar refractivity (Wildman–Crippen MR) is 115 cm³/mol.